The van der Waals surface area contributed by atoms with Crippen LogP contribution in [0.1, 0.15) is 82.6 Å². The minimum atomic E-state index is -0.880. The first-order chi connectivity index (χ1) is 15.2. The van der Waals surface area contributed by atoms with Gasteiger partial charge in [0.2, 0.25) is 0 Å². The maximum Gasteiger partial charge on any atom is 0.256 e. The van der Waals surface area contributed by atoms with E-state index in [-0.39, 0.29) is 11.9 Å². The number of piperidine rings is 2. The van der Waals surface area contributed by atoms with Crippen molar-refractivity contribution in [3.63, 3.8) is 0 Å². The Balaban J connectivity index is 1.25. The molecule has 3 unspecified atom stereocenters. The number of rotatable bonds is 2. The molecular formula is C27H38N2O2. The maximum atomic E-state index is 13.1. The van der Waals surface area contributed by atoms with Crippen molar-refractivity contribution in [2.75, 3.05) is 4.90 Å². The second kappa shape index (κ2) is 8.19. The highest BCUT2D eigenvalue weighted by Gasteiger charge is 2.47. The zero-order valence-electron chi connectivity index (χ0n) is 18.8. The molecule has 0 aromatic heterocycles. The van der Waals surface area contributed by atoms with Crippen LogP contribution in [0.4, 0.5) is 5.69 Å². The first kappa shape index (κ1) is 20.2. The minimum absolute atomic E-state index is 0.0705. The molecule has 2 aliphatic carbocycles. The van der Waals surface area contributed by atoms with Crippen LogP contribution < -0.4 is 4.90 Å². The van der Waals surface area contributed by atoms with Crippen LogP contribution in [0.3, 0.4) is 0 Å². The number of aliphatic hydroxyl groups is 1. The van der Waals surface area contributed by atoms with Gasteiger partial charge in [-0.15, -0.1) is 0 Å². The Hall–Kier alpha value is -1.39. The van der Waals surface area contributed by atoms with Crippen molar-refractivity contribution in [3.8, 4) is 0 Å². The van der Waals surface area contributed by atoms with E-state index in [9.17, 15) is 9.90 Å². The number of carbonyl (C=O) groups excluding carboxylic acids is 1. The summed E-state index contributed by atoms with van der Waals surface area (Å²) < 4.78 is 0. The number of hydrogen-bond acceptors (Lipinski definition) is 3. The number of benzene rings is 1. The number of nitrogens with zero attached hydrogens (tertiary/aromatic N) is 2. The van der Waals surface area contributed by atoms with Gasteiger partial charge in [-0.25, -0.2) is 0 Å². The number of aliphatic hydroxyl groups excluding tert-OH is 1. The summed E-state index contributed by atoms with van der Waals surface area (Å²) in [6.07, 6.45) is 15.8. The van der Waals surface area contributed by atoms with Gasteiger partial charge in [-0.1, -0.05) is 50.3 Å². The number of hydrogen-bond donors (Lipinski definition) is 1. The van der Waals surface area contributed by atoms with E-state index in [0.29, 0.717) is 18.5 Å². The number of anilines is 1. The fraction of sp³-hybridized carbons (Fsp3) is 0.741. The third-order valence-electron chi connectivity index (χ3n) is 9.33. The van der Waals surface area contributed by atoms with Crippen molar-refractivity contribution in [1.82, 2.24) is 4.90 Å². The van der Waals surface area contributed by atoms with Crippen LogP contribution in [-0.4, -0.2) is 46.2 Å². The Bertz CT molecular complexity index is 797. The number of para-hydroxylation sites is 1. The Kier molecular flexibility index (Phi) is 5.34. The van der Waals surface area contributed by atoms with Crippen LogP contribution in [0.2, 0.25) is 0 Å². The normalized spacial score (nSPS) is 40.9. The van der Waals surface area contributed by atoms with Crippen molar-refractivity contribution < 1.29 is 9.90 Å². The summed E-state index contributed by atoms with van der Waals surface area (Å²) in [6.45, 7) is 0. The smallest absolute Gasteiger partial charge is 0.256 e. The molecule has 3 aliphatic heterocycles. The Morgan fingerprint density at radius 2 is 1.42 bits per heavy atom. The predicted octanol–water partition coefficient (Wildman–Crippen LogP) is 4.68. The molecule has 4 heteroatoms. The Labute approximate surface area is 187 Å². The Morgan fingerprint density at radius 3 is 2.13 bits per heavy atom. The van der Waals surface area contributed by atoms with Gasteiger partial charge in [0, 0.05) is 36.3 Å². The highest BCUT2D eigenvalue weighted by atomic mass is 16.3. The van der Waals surface area contributed by atoms with Gasteiger partial charge in [0.05, 0.1) is 0 Å². The highest BCUT2D eigenvalue weighted by Crippen LogP contribution is 2.46. The molecular weight excluding hydrogens is 384 g/mol. The molecule has 4 bridgehead atoms. The third-order valence-corrected chi connectivity index (χ3v) is 9.33. The maximum absolute atomic E-state index is 13.1. The standard InChI is InChI=1S/C27H38N2O2/c30-26-15-20-8-3-4-11-25(20)29(27(26)31)24-16-21-9-5-10-22(17-24)28(21)23-13-18-6-1-2-7-19(12-18)14-23/h3-4,8,11,18-19,21-24,26,30H,1-2,5-7,9-10,12-17H2/t18-,19+,21-,22+,23?,24?,26?. The molecule has 2 saturated carbocycles. The van der Waals surface area contributed by atoms with E-state index < -0.39 is 6.10 Å². The quantitative estimate of drug-likeness (QED) is 0.752. The van der Waals surface area contributed by atoms with Crippen LogP contribution in [0.15, 0.2) is 24.3 Å². The molecule has 1 aromatic rings. The van der Waals surface area contributed by atoms with Crippen molar-refractivity contribution >= 4 is 11.6 Å². The second-order valence-electron chi connectivity index (χ2n) is 11.2. The zero-order chi connectivity index (χ0) is 20.9. The topological polar surface area (TPSA) is 43.8 Å². The lowest BCUT2D eigenvalue weighted by atomic mass is 9.73. The predicted molar refractivity (Wildman–Crippen MR) is 123 cm³/mol. The summed E-state index contributed by atoms with van der Waals surface area (Å²) >= 11 is 0. The molecule has 1 N–H and O–H groups in total. The van der Waals surface area contributed by atoms with Crippen LogP contribution >= 0.6 is 0 Å². The van der Waals surface area contributed by atoms with Crippen molar-refractivity contribution in [2.45, 2.75) is 114 Å². The summed E-state index contributed by atoms with van der Waals surface area (Å²) in [7, 11) is 0. The molecule has 2 saturated heterocycles. The van der Waals surface area contributed by atoms with Crippen LogP contribution in [0.5, 0.6) is 0 Å². The highest BCUT2D eigenvalue weighted by molar-refractivity contribution is 6.00. The van der Waals surface area contributed by atoms with Crippen molar-refractivity contribution in [3.05, 3.63) is 29.8 Å². The third kappa shape index (κ3) is 3.64. The number of fused-ring (bicyclic) bond motifs is 5. The van der Waals surface area contributed by atoms with Crippen molar-refractivity contribution in [1.29, 1.82) is 0 Å². The van der Waals surface area contributed by atoms with E-state index >= 15 is 0 Å². The van der Waals surface area contributed by atoms with Gasteiger partial charge in [-0.05, 0) is 68.4 Å². The van der Waals surface area contributed by atoms with E-state index in [1.54, 1.807) is 0 Å². The molecule has 5 aliphatic rings. The molecule has 7 atom stereocenters. The summed E-state index contributed by atoms with van der Waals surface area (Å²) in [4.78, 5) is 18.1. The van der Waals surface area contributed by atoms with Crippen LogP contribution in [0.25, 0.3) is 0 Å². The van der Waals surface area contributed by atoms with Crippen molar-refractivity contribution in [2.24, 2.45) is 11.8 Å². The zero-order valence-corrected chi connectivity index (χ0v) is 18.8. The fourth-order valence-corrected chi connectivity index (χ4v) is 8.18. The SMILES string of the molecule is O=C1C(O)Cc2ccccc2N1C1C[C@H]2CCC[C@@H](C1)N2C1C[C@H]2CCCC[C@@H](C1)C2. The molecule has 1 aromatic carbocycles. The van der Waals surface area contributed by atoms with Gasteiger partial charge in [0.25, 0.3) is 5.91 Å². The fourth-order valence-electron chi connectivity index (χ4n) is 8.18. The van der Waals surface area contributed by atoms with Gasteiger partial charge < -0.3 is 10.0 Å². The molecule has 0 radical (unpaired) electrons. The molecule has 3 heterocycles. The number of amides is 1. The van der Waals surface area contributed by atoms with Gasteiger partial charge in [-0.3, -0.25) is 9.69 Å². The summed E-state index contributed by atoms with van der Waals surface area (Å²) in [5.74, 6) is 1.84. The summed E-state index contributed by atoms with van der Waals surface area (Å²) in [5, 5.41) is 10.5. The van der Waals surface area contributed by atoms with E-state index in [2.05, 4.69) is 17.0 Å². The Morgan fingerprint density at radius 1 is 0.742 bits per heavy atom. The molecule has 4 nitrogen and oxygen atoms in total. The van der Waals surface area contributed by atoms with Gasteiger partial charge >= 0.3 is 0 Å². The van der Waals surface area contributed by atoms with E-state index in [1.165, 1.54) is 64.2 Å². The monoisotopic (exact) mass is 422 g/mol. The lowest BCUT2D eigenvalue weighted by Crippen LogP contribution is -2.63. The molecule has 168 valence electrons. The lowest BCUT2D eigenvalue weighted by Gasteiger charge is -2.56. The van der Waals surface area contributed by atoms with Crippen LogP contribution in [-0.2, 0) is 11.2 Å². The molecule has 0 spiro atoms. The average molecular weight is 423 g/mol. The minimum Gasteiger partial charge on any atom is -0.383 e. The molecule has 1 amide bonds. The summed E-state index contributed by atoms with van der Waals surface area (Å²) in [5.41, 5.74) is 2.18. The second-order valence-corrected chi connectivity index (χ2v) is 11.2. The van der Waals surface area contributed by atoms with E-state index in [1.807, 2.05) is 17.0 Å². The van der Waals surface area contributed by atoms with Crippen LogP contribution in [0, 0.1) is 11.8 Å². The van der Waals surface area contributed by atoms with E-state index in [4.69, 9.17) is 0 Å². The molecule has 6 rings (SSSR count). The average Bonchev–Trinajstić information content (AvgIpc) is 2.93. The van der Waals surface area contributed by atoms with Gasteiger partial charge in [-0.2, -0.15) is 0 Å². The van der Waals surface area contributed by atoms with Gasteiger partial charge in [0.15, 0.2) is 0 Å². The molecule has 31 heavy (non-hydrogen) atoms. The first-order valence-electron chi connectivity index (χ1n) is 13.0. The van der Waals surface area contributed by atoms with E-state index in [0.717, 1.165) is 42.0 Å². The van der Waals surface area contributed by atoms with Gasteiger partial charge in [0.1, 0.15) is 6.10 Å². The first-order valence-corrected chi connectivity index (χ1v) is 13.0. The number of carbonyl (C=O) groups is 1. The summed E-state index contributed by atoms with van der Waals surface area (Å²) in [6, 6.07) is 10.5. The molecule has 4 fully saturated rings. The largest absolute Gasteiger partial charge is 0.383 e. The lowest BCUT2D eigenvalue weighted by molar-refractivity contribution is -0.128.